The highest BCUT2D eigenvalue weighted by Gasteiger charge is 2.05. The van der Waals surface area contributed by atoms with E-state index in [1.807, 2.05) is 0 Å². The summed E-state index contributed by atoms with van der Waals surface area (Å²) in [7, 11) is 0. The summed E-state index contributed by atoms with van der Waals surface area (Å²) in [6, 6.07) is 6.85. The van der Waals surface area contributed by atoms with Crippen LogP contribution < -0.4 is 10.2 Å². The molecule has 0 saturated heterocycles. The van der Waals surface area contributed by atoms with E-state index in [-0.39, 0.29) is 0 Å². The van der Waals surface area contributed by atoms with Crippen molar-refractivity contribution in [2.75, 3.05) is 24.5 Å². The third-order valence-electron chi connectivity index (χ3n) is 3.42. The molecule has 1 rings (SSSR count). The van der Waals surface area contributed by atoms with Gasteiger partial charge in [-0.25, -0.2) is 0 Å². The Hall–Kier alpha value is -1.02. The van der Waals surface area contributed by atoms with Crippen molar-refractivity contribution in [3.63, 3.8) is 0 Å². The predicted molar refractivity (Wildman–Crippen MR) is 81.4 cm³/mol. The Morgan fingerprint density at radius 2 is 1.94 bits per heavy atom. The fourth-order valence-corrected chi connectivity index (χ4v) is 2.15. The number of unbranched alkanes of at least 4 members (excludes halogenated alkanes) is 1. The van der Waals surface area contributed by atoms with E-state index < -0.39 is 0 Å². The van der Waals surface area contributed by atoms with E-state index in [2.05, 4.69) is 56.1 Å². The van der Waals surface area contributed by atoms with E-state index in [9.17, 15) is 0 Å². The average Bonchev–Trinajstić information content (AvgIpc) is 2.38. The lowest BCUT2D eigenvalue weighted by molar-refractivity contribution is 0.720. The van der Waals surface area contributed by atoms with Gasteiger partial charge < -0.3 is 10.2 Å². The van der Waals surface area contributed by atoms with Gasteiger partial charge in [0.25, 0.3) is 0 Å². The molecule has 102 valence electrons. The standard InChI is InChI=1S/C16H28N2/c1-5-8-11-18(7-3)16-10-9-15(13-17-6-2)14(4)12-16/h9-10,12,17H,5-8,11,13H2,1-4H3. The summed E-state index contributed by atoms with van der Waals surface area (Å²) in [5, 5.41) is 3.39. The van der Waals surface area contributed by atoms with Gasteiger partial charge in [0.05, 0.1) is 0 Å². The van der Waals surface area contributed by atoms with E-state index in [0.29, 0.717) is 0 Å². The number of anilines is 1. The number of hydrogen-bond acceptors (Lipinski definition) is 2. The lowest BCUT2D eigenvalue weighted by Crippen LogP contribution is -2.24. The molecule has 0 aliphatic heterocycles. The zero-order valence-corrected chi connectivity index (χ0v) is 12.4. The van der Waals surface area contributed by atoms with Gasteiger partial charge in [0.15, 0.2) is 0 Å². The molecular formula is C16H28N2. The van der Waals surface area contributed by atoms with Crippen LogP contribution in [0.4, 0.5) is 5.69 Å². The number of nitrogens with zero attached hydrogens (tertiary/aromatic N) is 1. The summed E-state index contributed by atoms with van der Waals surface area (Å²) < 4.78 is 0. The van der Waals surface area contributed by atoms with Crippen LogP contribution in [0.25, 0.3) is 0 Å². The van der Waals surface area contributed by atoms with Crippen LogP contribution in [-0.4, -0.2) is 19.6 Å². The second-order valence-corrected chi connectivity index (χ2v) is 4.82. The second kappa shape index (κ2) is 8.15. The number of hydrogen-bond donors (Lipinski definition) is 1. The molecule has 0 bridgehead atoms. The normalized spacial score (nSPS) is 10.7. The molecule has 18 heavy (non-hydrogen) atoms. The minimum Gasteiger partial charge on any atom is -0.372 e. The number of rotatable bonds is 8. The fourth-order valence-electron chi connectivity index (χ4n) is 2.15. The number of aryl methyl sites for hydroxylation is 1. The molecule has 0 heterocycles. The third kappa shape index (κ3) is 4.34. The van der Waals surface area contributed by atoms with Crippen molar-refractivity contribution in [1.29, 1.82) is 0 Å². The molecule has 0 aromatic heterocycles. The lowest BCUT2D eigenvalue weighted by Gasteiger charge is -2.24. The molecule has 1 aromatic rings. The summed E-state index contributed by atoms with van der Waals surface area (Å²) in [4.78, 5) is 2.47. The Morgan fingerprint density at radius 1 is 1.17 bits per heavy atom. The van der Waals surface area contributed by atoms with E-state index in [0.717, 1.165) is 19.6 Å². The molecule has 0 fully saturated rings. The van der Waals surface area contributed by atoms with Crippen LogP contribution in [-0.2, 0) is 6.54 Å². The number of nitrogens with one attached hydrogen (secondary N) is 1. The predicted octanol–water partition coefficient (Wildman–Crippen LogP) is 3.73. The van der Waals surface area contributed by atoms with E-state index in [1.165, 1.54) is 36.2 Å². The molecule has 0 spiro atoms. The smallest absolute Gasteiger partial charge is 0.0368 e. The van der Waals surface area contributed by atoms with Crippen molar-refractivity contribution in [2.24, 2.45) is 0 Å². The molecule has 0 unspecified atom stereocenters. The van der Waals surface area contributed by atoms with Crippen molar-refractivity contribution in [3.8, 4) is 0 Å². The van der Waals surface area contributed by atoms with E-state index in [4.69, 9.17) is 0 Å². The third-order valence-corrected chi connectivity index (χ3v) is 3.42. The second-order valence-electron chi connectivity index (χ2n) is 4.82. The molecule has 0 aliphatic carbocycles. The zero-order valence-electron chi connectivity index (χ0n) is 12.4. The van der Waals surface area contributed by atoms with E-state index in [1.54, 1.807) is 0 Å². The van der Waals surface area contributed by atoms with Crippen molar-refractivity contribution in [3.05, 3.63) is 29.3 Å². The maximum atomic E-state index is 3.39. The summed E-state index contributed by atoms with van der Waals surface area (Å²) >= 11 is 0. The van der Waals surface area contributed by atoms with Crippen LogP contribution in [0.15, 0.2) is 18.2 Å². The molecule has 2 nitrogen and oxygen atoms in total. The summed E-state index contributed by atoms with van der Waals surface area (Å²) in [6.07, 6.45) is 2.53. The summed E-state index contributed by atoms with van der Waals surface area (Å²) in [5.74, 6) is 0. The van der Waals surface area contributed by atoms with Crippen LogP contribution >= 0.6 is 0 Å². The maximum absolute atomic E-state index is 3.39. The highest BCUT2D eigenvalue weighted by atomic mass is 15.1. The van der Waals surface area contributed by atoms with E-state index >= 15 is 0 Å². The molecule has 0 aliphatic rings. The fraction of sp³-hybridized carbons (Fsp3) is 0.625. The minimum absolute atomic E-state index is 0.976. The van der Waals surface area contributed by atoms with Crippen LogP contribution in [0.3, 0.4) is 0 Å². The van der Waals surface area contributed by atoms with Gasteiger partial charge in [-0.1, -0.05) is 26.3 Å². The highest BCUT2D eigenvalue weighted by Crippen LogP contribution is 2.19. The molecule has 0 amide bonds. The van der Waals surface area contributed by atoms with Crippen LogP contribution in [0.2, 0.25) is 0 Å². The zero-order chi connectivity index (χ0) is 13.4. The Bertz CT molecular complexity index is 347. The van der Waals surface area contributed by atoms with Gasteiger partial charge in [-0.3, -0.25) is 0 Å². The molecule has 0 saturated carbocycles. The first kappa shape index (κ1) is 15.0. The van der Waals surface area contributed by atoms with Crippen molar-refractivity contribution in [2.45, 2.75) is 47.1 Å². The van der Waals surface area contributed by atoms with Gasteiger partial charge in [-0.05, 0) is 50.1 Å². The van der Waals surface area contributed by atoms with Crippen LogP contribution in [0.5, 0.6) is 0 Å². The lowest BCUT2D eigenvalue weighted by atomic mass is 10.1. The summed E-state index contributed by atoms with van der Waals surface area (Å²) in [6.45, 7) is 13.1. The van der Waals surface area contributed by atoms with Crippen molar-refractivity contribution in [1.82, 2.24) is 5.32 Å². The van der Waals surface area contributed by atoms with Gasteiger partial charge in [0.1, 0.15) is 0 Å². The highest BCUT2D eigenvalue weighted by molar-refractivity contribution is 5.50. The van der Waals surface area contributed by atoms with Crippen molar-refractivity contribution >= 4 is 5.69 Å². The molecule has 1 aromatic carbocycles. The van der Waals surface area contributed by atoms with Gasteiger partial charge >= 0.3 is 0 Å². The minimum atomic E-state index is 0.976. The molecule has 2 heteroatoms. The Morgan fingerprint density at radius 3 is 2.50 bits per heavy atom. The van der Waals surface area contributed by atoms with Gasteiger partial charge in [0, 0.05) is 25.3 Å². The Labute approximate surface area is 112 Å². The maximum Gasteiger partial charge on any atom is 0.0368 e. The topological polar surface area (TPSA) is 15.3 Å². The van der Waals surface area contributed by atoms with Crippen LogP contribution in [0, 0.1) is 6.92 Å². The van der Waals surface area contributed by atoms with Gasteiger partial charge in [-0.2, -0.15) is 0 Å². The quantitative estimate of drug-likeness (QED) is 0.754. The first-order valence-corrected chi connectivity index (χ1v) is 7.28. The SMILES string of the molecule is CCCCN(CC)c1ccc(CNCC)c(C)c1. The van der Waals surface area contributed by atoms with Gasteiger partial charge in [0.2, 0.25) is 0 Å². The first-order valence-electron chi connectivity index (χ1n) is 7.28. The van der Waals surface area contributed by atoms with Crippen molar-refractivity contribution < 1.29 is 0 Å². The monoisotopic (exact) mass is 248 g/mol. The Balaban J connectivity index is 2.74. The molecule has 1 N–H and O–H groups in total. The molecule has 0 radical (unpaired) electrons. The summed E-state index contributed by atoms with van der Waals surface area (Å²) in [5.41, 5.74) is 4.17. The largest absolute Gasteiger partial charge is 0.372 e. The molecular weight excluding hydrogens is 220 g/mol. The van der Waals surface area contributed by atoms with Gasteiger partial charge in [-0.15, -0.1) is 0 Å². The first-order chi connectivity index (χ1) is 8.72. The number of benzene rings is 1. The molecule has 0 atom stereocenters. The Kier molecular flexibility index (Phi) is 6.81. The average molecular weight is 248 g/mol. The van der Waals surface area contributed by atoms with Crippen LogP contribution in [0.1, 0.15) is 44.7 Å².